The van der Waals surface area contributed by atoms with Crippen LogP contribution in [0.25, 0.3) is 0 Å². The van der Waals surface area contributed by atoms with Crippen LogP contribution in [0.5, 0.6) is 0 Å². The molecule has 0 radical (unpaired) electrons. The lowest BCUT2D eigenvalue weighted by Gasteiger charge is -2.27. The van der Waals surface area contributed by atoms with E-state index in [0.717, 1.165) is 0 Å². The van der Waals surface area contributed by atoms with Crippen LogP contribution < -0.4 is 10.6 Å². The van der Waals surface area contributed by atoms with Crippen molar-refractivity contribution < 1.29 is 27.9 Å². The molecule has 0 saturated carbocycles. The van der Waals surface area contributed by atoms with Crippen molar-refractivity contribution >= 4 is 17.5 Å². The molecule has 0 fully saturated rings. The molecule has 2 amide bonds. The molecule has 1 rings (SSSR count). The summed E-state index contributed by atoms with van der Waals surface area (Å²) in [5, 5.41) is 13.9. The highest BCUT2D eigenvalue weighted by Crippen LogP contribution is 2.18. The molecule has 0 bridgehead atoms. The predicted molar refractivity (Wildman–Crippen MR) is 73.4 cm³/mol. The van der Waals surface area contributed by atoms with Crippen LogP contribution in [-0.4, -0.2) is 29.1 Å². The molecule has 122 valence electrons. The van der Waals surface area contributed by atoms with Gasteiger partial charge in [0.1, 0.15) is 5.82 Å². The maximum Gasteiger partial charge on any atom is 0.313 e. The molecule has 1 aromatic carbocycles. The molecule has 22 heavy (non-hydrogen) atoms. The third-order valence-electron chi connectivity index (χ3n) is 3.32. The Bertz CT molecular complexity index is 589. The van der Waals surface area contributed by atoms with Crippen LogP contribution in [0, 0.1) is 23.4 Å². The van der Waals surface area contributed by atoms with Crippen LogP contribution in [0.15, 0.2) is 12.1 Å². The third-order valence-corrected chi connectivity index (χ3v) is 3.32. The Kier molecular flexibility index (Phi) is 5.54. The van der Waals surface area contributed by atoms with Crippen LogP contribution >= 0.6 is 0 Å². The normalized spacial score (nSPS) is 13.6. The molecule has 0 aromatic heterocycles. The summed E-state index contributed by atoms with van der Waals surface area (Å²) in [6.07, 6.45) is 0. The van der Waals surface area contributed by atoms with Crippen molar-refractivity contribution in [2.24, 2.45) is 5.92 Å². The van der Waals surface area contributed by atoms with Gasteiger partial charge in [-0.15, -0.1) is 0 Å². The lowest BCUT2D eigenvalue weighted by molar-refractivity contribution is -0.137. The van der Waals surface area contributed by atoms with Gasteiger partial charge in [-0.2, -0.15) is 0 Å². The first-order valence-electron chi connectivity index (χ1n) is 6.50. The molecule has 1 unspecified atom stereocenters. The Morgan fingerprint density at radius 3 is 2.23 bits per heavy atom. The highest BCUT2D eigenvalue weighted by atomic mass is 19.2. The second kappa shape index (κ2) is 6.78. The van der Waals surface area contributed by atoms with Crippen LogP contribution in [-0.2, 0) is 9.59 Å². The zero-order valence-electron chi connectivity index (χ0n) is 12.3. The number of aliphatic hydroxyl groups is 1. The lowest BCUT2D eigenvalue weighted by Crippen LogP contribution is -2.47. The van der Waals surface area contributed by atoms with E-state index in [0.29, 0.717) is 6.07 Å². The van der Waals surface area contributed by atoms with Gasteiger partial charge in [0.2, 0.25) is 0 Å². The van der Waals surface area contributed by atoms with E-state index in [1.807, 2.05) is 5.32 Å². The molecular weight excluding hydrogens is 301 g/mol. The molecule has 8 heteroatoms. The summed E-state index contributed by atoms with van der Waals surface area (Å²) in [6.45, 7) is 4.73. The fraction of sp³-hybridized carbons (Fsp3) is 0.429. The summed E-state index contributed by atoms with van der Waals surface area (Å²) in [7, 11) is 0. The number of hydrogen-bond acceptors (Lipinski definition) is 3. The molecule has 1 atom stereocenters. The number of benzene rings is 1. The van der Waals surface area contributed by atoms with Crippen LogP contribution in [0.2, 0.25) is 0 Å². The van der Waals surface area contributed by atoms with Crippen molar-refractivity contribution in [2.75, 3.05) is 11.9 Å². The van der Waals surface area contributed by atoms with Crippen molar-refractivity contribution in [1.29, 1.82) is 0 Å². The number of rotatable bonds is 4. The van der Waals surface area contributed by atoms with E-state index in [1.165, 1.54) is 6.92 Å². The largest absolute Gasteiger partial charge is 0.388 e. The molecule has 3 N–H and O–H groups in total. The number of carbonyl (C=O) groups excluding carboxylic acids is 2. The Balaban J connectivity index is 2.70. The van der Waals surface area contributed by atoms with Gasteiger partial charge in [0, 0.05) is 18.7 Å². The second-order valence-electron chi connectivity index (χ2n) is 5.39. The summed E-state index contributed by atoms with van der Waals surface area (Å²) in [4.78, 5) is 23.1. The number of nitrogens with one attached hydrogen (secondary N) is 2. The minimum Gasteiger partial charge on any atom is -0.388 e. The van der Waals surface area contributed by atoms with E-state index >= 15 is 0 Å². The minimum atomic E-state index is -1.41. The SMILES string of the molecule is CC(C)C(C)(O)CNC(=O)C(=O)Nc1cc(F)c(F)cc1F. The number of carbonyl (C=O) groups is 2. The Morgan fingerprint density at radius 2 is 1.68 bits per heavy atom. The summed E-state index contributed by atoms with van der Waals surface area (Å²) < 4.78 is 39.1. The first-order valence-corrected chi connectivity index (χ1v) is 6.50. The van der Waals surface area contributed by atoms with Gasteiger partial charge in [-0.1, -0.05) is 13.8 Å². The summed E-state index contributed by atoms with van der Waals surface area (Å²) >= 11 is 0. The zero-order valence-corrected chi connectivity index (χ0v) is 12.3. The van der Waals surface area contributed by atoms with Gasteiger partial charge >= 0.3 is 11.8 Å². The van der Waals surface area contributed by atoms with E-state index in [1.54, 1.807) is 13.8 Å². The van der Waals surface area contributed by atoms with Crippen LogP contribution in [0.1, 0.15) is 20.8 Å². The average molecular weight is 318 g/mol. The van der Waals surface area contributed by atoms with Crippen LogP contribution in [0.4, 0.5) is 18.9 Å². The topological polar surface area (TPSA) is 78.4 Å². The number of hydrogen-bond donors (Lipinski definition) is 3. The first-order chi connectivity index (χ1) is 10.0. The zero-order chi connectivity index (χ0) is 17.1. The number of anilines is 1. The van der Waals surface area contributed by atoms with Gasteiger partial charge in [-0.05, 0) is 12.8 Å². The minimum absolute atomic E-state index is 0.181. The second-order valence-corrected chi connectivity index (χ2v) is 5.39. The highest BCUT2D eigenvalue weighted by Gasteiger charge is 2.27. The lowest BCUT2D eigenvalue weighted by atomic mass is 9.92. The maximum atomic E-state index is 13.3. The smallest absolute Gasteiger partial charge is 0.313 e. The number of amides is 2. The molecule has 5 nitrogen and oxygen atoms in total. The van der Waals surface area contributed by atoms with Crippen molar-refractivity contribution in [3.05, 3.63) is 29.6 Å². The summed E-state index contributed by atoms with van der Waals surface area (Å²) in [5.41, 5.74) is -1.89. The Hall–Kier alpha value is -2.09. The first kappa shape index (κ1) is 18.0. The fourth-order valence-electron chi connectivity index (χ4n) is 1.34. The molecule has 0 aliphatic carbocycles. The summed E-state index contributed by atoms with van der Waals surface area (Å²) in [5.74, 6) is -6.56. The van der Waals surface area contributed by atoms with Gasteiger partial charge in [-0.25, -0.2) is 13.2 Å². The maximum absolute atomic E-state index is 13.3. The van der Waals surface area contributed by atoms with Crippen molar-refractivity contribution in [3.63, 3.8) is 0 Å². The van der Waals surface area contributed by atoms with E-state index in [4.69, 9.17) is 0 Å². The van der Waals surface area contributed by atoms with Crippen molar-refractivity contribution in [3.8, 4) is 0 Å². The van der Waals surface area contributed by atoms with Crippen molar-refractivity contribution in [2.45, 2.75) is 26.4 Å². The van der Waals surface area contributed by atoms with Crippen LogP contribution in [0.3, 0.4) is 0 Å². The molecule has 1 aromatic rings. The van der Waals surface area contributed by atoms with Gasteiger partial charge in [0.25, 0.3) is 0 Å². The number of halogens is 3. The fourth-order valence-corrected chi connectivity index (χ4v) is 1.34. The van der Waals surface area contributed by atoms with Gasteiger partial charge in [0.15, 0.2) is 11.6 Å². The Labute approximate surface area is 125 Å². The van der Waals surface area contributed by atoms with E-state index in [2.05, 4.69) is 5.32 Å². The van der Waals surface area contributed by atoms with E-state index < -0.39 is 40.6 Å². The average Bonchev–Trinajstić information content (AvgIpc) is 2.41. The third kappa shape index (κ3) is 4.45. The predicted octanol–water partition coefficient (Wildman–Crippen LogP) is 1.57. The Morgan fingerprint density at radius 1 is 1.14 bits per heavy atom. The van der Waals surface area contributed by atoms with Gasteiger partial charge in [-0.3, -0.25) is 9.59 Å². The molecular formula is C14H17F3N2O3. The van der Waals surface area contributed by atoms with Gasteiger partial charge < -0.3 is 15.7 Å². The van der Waals surface area contributed by atoms with Gasteiger partial charge in [0.05, 0.1) is 11.3 Å². The standard InChI is InChI=1S/C14H17F3N2O3/c1-7(2)14(3,22)6-18-12(20)13(21)19-11-5-9(16)8(15)4-10(11)17/h4-5,7,22H,6H2,1-3H3,(H,18,20)(H,19,21). The van der Waals surface area contributed by atoms with E-state index in [9.17, 15) is 27.9 Å². The summed E-state index contributed by atoms with van der Waals surface area (Å²) in [6, 6.07) is 0.687. The van der Waals surface area contributed by atoms with E-state index in [-0.39, 0.29) is 18.5 Å². The quantitative estimate of drug-likeness (QED) is 0.582. The highest BCUT2D eigenvalue weighted by molar-refractivity contribution is 6.39. The molecule has 0 spiro atoms. The molecule has 0 aliphatic rings. The molecule has 0 saturated heterocycles. The van der Waals surface area contributed by atoms with Crippen molar-refractivity contribution in [1.82, 2.24) is 5.32 Å². The monoisotopic (exact) mass is 318 g/mol. The molecule has 0 heterocycles. The molecule has 0 aliphatic heterocycles.